The van der Waals surface area contributed by atoms with Crippen LogP contribution in [0.1, 0.15) is 28.4 Å². The third-order valence-electron chi connectivity index (χ3n) is 3.82. The molecular formula is C18H20N2O6. The van der Waals surface area contributed by atoms with Crippen LogP contribution in [0, 0.1) is 0 Å². The Morgan fingerprint density at radius 3 is 2.58 bits per heavy atom. The van der Waals surface area contributed by atoms with Gasteiger partial charge in [0.25, 0.3) is 11.5 Å². The van der Waals surface area contributed by atoms with Crippen molar-refractivity contribution in [1.29, 1.82) is 0 Å². The lowest BCUT2D eigenvalue weighted by Crippen LogP contribution is -2.33. The summed E-state index contributed by atoms with van der Waals surface area (Å²) in [6.45, 7) is 2.32. The molecule has 26 heavy (non-hydrogen) atoms. The number of pyridine rings is 1. The van der Waals surface area contributed by atoms with E-state index in [1.54, 1.807) is 37.6 Å². The van der Waals surface area contributed by atoms with Gasteiger partial charge in [0.15, 0.2) is 0 Å². The van der Waals surface area contributed by atoms with Gasteiger partial charge in [-0.2, -0.15) is 0 Å². The average Bonchev–Trinajstić information content (AvgIpc) is 2.60. The minimum Gasteiger partial charge on any atom is -0.497 e. The van der Waals surface area contributed by atoms with Gasteiger partial charge >= 0.3 is 5.97 Å². The van der Waals surface area contributed by atoms with Crippen LogP contribution < -0.4 is 15.6 Å². The SMILES string of the molecule is CC(=O)O.COc1cccc(-n2cc3c(c(C(=O)O)c2=O)CCNC3)c1. The molecule has 2 heterocycles. The summed E-state index contributed by atoms with van der Waals surface area (Å²) in [6.07, 6.45) is 2.26. The molecule has 0 atom stereocenters. The summed E-state index contributed by atoms with van der Waals surface area (Å²) in [6, 6.07) is 6.99. The normalized spacial score (nSPS) is 12.4. The van der Waals surface area contributed by atoms with Crippen LogP contribution in [-0.2, 0) is 17.8 Å². The first-order chi connectivity index (χ1) is 12.3. The number of aromatic nitrogens is 1. The van der Waals surface area contributed by atoms with Crippen molar-refractivity contribution in [2.24, 2.45) is 0 Å². The van der Waals surface area contributed by atoms with Gasteiger partial charge in [0.2, 0.25) is 0 Å². The zero-order valence-corrected chi connectivity index (χ0v) is 14.5. The summed E-state index contributed by atoms with van der Waals surface area (Å²) in [5.41, 5.74) is 1.41. The zero-order valence-electron chi connectivity index (χ0n) is 14.5. The van der Waals surface area contributed by atoms with Gasteiger partial charge in [-0.05, 0) is 36.2 Å². The van der Waals surface area contributed by atoms with E-state index in [0.29, 0.717) is 36.5 Å². The first-order valence-corrected chi connectivity index (χ1v) is 7.90. The smallest absolute Gasteiger partial charge is 0.341 e. The van der Waals surface area contributed by atoms with E-state index >= 15 is 0 Å². The summed E-state index contributed by atoms with van der Waals surface area (Å²) >= 11 is 0. The number of hydrogen-bond donors (Lipinski definition) is 3. The number of aromatic carboxylic acids is 1. The van der Waals surface area contributed by atoms with Crippen LogP contribution >= 0.6 is 0 Å². The van der Waals surface area contributed by atoms with Gasteiger partial charge in [0.05, 0.1) is 12.8 Å². The number of methoxy groups -OCH3 is 1. The predicted molar refractivity (Wildman–Crippen MR) is 94.3 cm³/mol. The van der Waals surface area contributed by atoms with Crippen LogP contribution in [0.25, 0.3) is 5.69 Å². The van der Waals surface area contributed by atoms with Gasteiger partial charge in [-0.25, -0.2) is 4.79 Å². The summed E-state index contributed by atoms with van der Waals surface area (Å²) in [5, 5.41) is 20.0. The molecule has 3 N–H and O–H groups in total. The third kappa shape index (κ3) is 4.28. The van der Waals surface area contributed by atoms with E-state index in [2.05, 4.69) is 5.32 Å². The lowest BCUT2D eigenvalue weighted by atomic mass is 9.97. The van der Waals surface area contributed by atoms with Gasteiger partial charge in [-0.15, -0.1) is 0 Å². The lowest BCUT2D eigenvalue weighted by molar-refractivity contribution is -0.134. The number of hydrogen-bond acceptors (Lipinski definition) is 5. The monoisotopic (exact) mass is 360 g/mol. The van der Waals surface area contributed by atoms with Gasteiger partial charge in [-0.3, -0.25) is 14.2 Å². The Labute approximate surface area is 149 Å². The van der Waals surface area contributed by atoms with Crippen LogP contribution in [0.4, 0.5) is 0 Å². The van der Waals surface area contributed by atoms with Gasteiger partial charge in [0.1, 0.15) is 11.3 Å². The zero-order chi connectivity index (χ0) is 19.3. The largest absolute Gasteiger partial charge is 0.497 e. The van der Waals surface area contributed by atoms with E-state index in [0.717, 1.165) is 12.5 Å². The highest BCUT2D eigenvalue weighted by atomic mass is 16.5. The maximum absolute atomic E-state index is 12.6. The number of rotatable bonds is 3. The van der Waals surface area contributed by atoms with E-state index in [9.17, 15) is 14.7 Å². The number of aliphatic carboxylic acids is 1. The number of benzene rings is 1. The first-order valence-electron chi connectivity index (χ1n) is 7.90. The average molecular weight is 360 g/mol. The Hall–Kier alpha value is -3.13. The molecule has 1 aromatic heterocycles. The molecule has 1 aromatic carbocycles. The van der Waals surface area contributed by atoms with Crippen molar-refractivity contribution in [1.82, 2.24) is 9.88 Å². The van der Waals surface area contributed by atoms with Crippen molar-refractivity contribution in [3.05, 3.63) is 57.5 Å². The highest BCUT2D eigenvalue weighted by molar-refractivity contribution is 5.89. The number of carbonyl (C=O) groups is 2. The van der Waals surface area contributed by atoms with Crippen molar-refractivity contribution < 1.29 is 24.5 Å². The van der Waals surface area contributed by atoms with Gasteiger partial charge < -0.3 is 20.3 Å². The molecule has 0 fully saturated rings. The fraction of sp³-hybridized carbons (Fsp3) is 0.278. The van der Waals surface area contributed by atoms with Crippen LogP contribution in [-0.4, -0.2) is 40.4 Å². The highest BCUT2D eigenvalue weighted by Gasteiger charge is 2.23. The minimum atomic E-state index is -1.18. The van der Waals surface area contributed by atoms with Crippen molar-refractivity contribution >= 4 is 11.9 Å². The van der Waals surface area contributed by atoms with Crippen molar-refractivity contribution in [2.45, 2.75) is 19.9 Å². The predicted octanol–water partition coefficient (Wildman–Crippen LogP) is 1.28. The first kappa shape index (κ1) is 19.2. The molecule has 0 bridgehead atoms. The summed E-state index contributed by atoms with van der Waals surface area (Å²) in [4.78, 5) is 33.1. The number of fused-ring (bicyclic) bond motifs is 1. The molecule has 0 aliphatic carbocycles. The molecule has 8 heteroatoms. The second-order valence-corrected chi connectivity index (χ2v) is 5.64. The molecule has 1 aliphatic heterocycles. The number of nitrogens with one attached hydrogen (secondary N) is 1. The fourth-order valence-electron chi connectivity index (χ4n) is 2.75. The Balaban J connectivity index is 0.000000552. The minimum absolute atomic E-state index is 0.137. The summed E-state index contributed by atoms with van der Waals surface area (Å²) in [7, 11) is 1.54. The second kappa shape index (κ2) is 8.30. The van der Waals surface area contributed by atoms with E-state index in [4.69, 9.17) is 14.6 Å². The lowest BCUT2D eigenvalue weighted by Gasteiger charge is -2.21. The van der Waals surface area contributed by atoms with Gasteiger partial charge in [-0.1, -0.05) is 6.07 Å². The quantitative estimate of drug-likeness (QED) is 0.754. The van der Waals surface area contributed by atoms with Crippen molar-refractivity contribution in [2.75, 3.05) is 13.7 Å². The van der Waals surface area contributed by atoms with E-state index in [-0.39, 0.29) is 5.56 Å². The number of ether oxygens (including phenoxy) is 1. The number of nitrogens with zero attached hydrogens (tertiary/aromatic N) is 1. The molecule has 0 spiro atoms. The summed E-state index contributed by atoms with van der Waals surface area (Å²) < 4.78 is 6.54. The number of carboxylic acid groups (broad SMARTS) is 2. The molecule has 0 radical (unpaired) electrons. The van der Waals surface area contributed by atoms with E-state index < -0.39 is 17.5 Å². The molecule has 8 nitrogen and oxygen atoms in total. The summed E-state index contributed by atoms with van der Waals surface area (Å²) in [5.74, 6) is -1.41. The topological polar surface area (TPSA) is 118 Å². The third-order valence-corrected chi connectivity index (χ3v) is 3.82. The molecule has 1 aliphatic rings. The maximum atomic E-state index is 12.6. The molecule has 0 amide bonds. The van der Waals surface area contributed by atoms with Crippen LogP contribution in [0.5, 0.6) is 5.75 Å². The Morgan fingerprint density at radius 1 is 1.27 bits per heavy atom. The van der Waals surface area contributed by atoms with Crippen LogP contribution in [0.3, 0.4) is 0 Å². The molecular weight excluding hydrogens is 340 g/mol. The van der Waals surface area contributed by atoms with E-state index in [1.165, 1.54) is 4.57 Å². The molecule has 0 unspecified atom stereocenters. The Kier molecular flexibility index (Phi) is 6.13. The second-order valence-electron chi connectivity index (χ2n) is 5.64. The molecule has 138 valence electrons. The number of carboxylic acids is 2. The van der Waals surface area contributed by atoms with Gasteiger partial charge in [0, 0.05) is 25.7 Å². The van der Waals surface area contributed by atoms with Crippen LogP contribution in [0.2, 0.25) is 0 Å². The fourth-order valence-corrected chi connectivity index (χ4v) is 2.75. The molecule has 0 saturated carbocycles. The highest BCUT2D eigenvalue weighted by Crippen LogP contribution is 2.20. The molecule has 0 saturated heterocycles. The standard InChI is InChI=1S/C16H16N2O4.C2H4O2/c1-22-12-4-2-3-11(7-12)18-9-10-8-17-6-5-13(10)14(15(18)19)16(20)21;1-2(3)4/h2-4,7,9,17H,5-6,8H2,1H3,(H,20,21);1H3,(H,3,4). The molecule has 2 aromatic rings. The van der Waals surface area contributed by atoms with Crippen molar-refractivity contribution in [3.8, 4) is 11.4 Å². The Morgan fingerprint density at radius 2 is 1.96 bits per heavy atom. The van der Waals surface area contributed by atoms with Crippen LogP contribution in [0.15, 0.2) is 35.3 Å². The Bertz CT molecular complexity index is 884. The van der Waals surface area contributed by atoms with E-state index in [1.807, 2.05) is 0 Å². The van der Waals surface area contributed by atoms with Crippen molar-refractivity contribution in [3.63, 3.8) is 0 Å². The molecule has 3 rings (SSSR count). The maximum Gasteiger partial charge on any atom is 0.341 e.